The summed E-state index contributed by atoms with van der Waals surface area (Å²) < 4.78 is 11.0. The molecule has 160 valence electrons. The Labute approximate surface area is 184 Å². The van der Waals surface area contributed by atoms with Crippen molar-refractivity contribution in [3.05, 3.63) is 23.8 Å². The van der Waals surface area contributed by atoms with Crippen LogP contribution >= 0.6 is 35.3 Å². The summed E-state index contributed by atoms with van der Waals surface area (Å²) >= 11 is 5.60. The van der Waals surface area contributed by atoms with E-state index in [1.54, 1.807) is 32.9 Å². The van der Waals surface area contributed by atoms with E-state index in [9.17, 15) is 4.79 Å². The Balaban J connectivity index is 1.25. The van der Waals surface area contributed by atoms with E-state index in [0.717, 1.165) is 35.8 Å². The smallest absolute Gasteiger partial charge is 0.221 e. The number of hydrogen-bond donors (Lipinski definition) is 3. The largest absolute Gasteiger partial charge is 0.493 e. The number of rotatable bonds is 8. The Morgan fingerprint density at radius 2 is 2.03 bits per heavy atom. The number of nitrogens with one attached hydrogen (secondary N) is 3. The quantitative estimate of drug-likeness (QED) is 0.547. The van der Waals surface area contributed by atoms with Crippen molar-refractivity contribution in [2.45, 2.75) is 47.4 Å². The zero-order valence-corrected chi connectivity index (χ0v) is 19.3. The van der Waals surface area contributed by atoms with Crippen LogP contribution in [0.2, 0.25) is 0 Å². The average molecular weight is 457 g/mol. The van der Waals surface area contributed by atoms with Gasteiger partial charge in [0.2, 0.25) is 5.91 Å². The van der Waals surface area contributed by atoms with E-state index in [4.69, 9.17) is 9.47 Å². The van der Waals surface area contributed by atoms with Crippen molar-refractivity contribution in [3.63, 3.8) is 0 Å². The van der Waals surface area contributed by atoms with Crippen molar-refractivity contribution >= 4 is 41.2 Å². The molecule has 1 aromatic carbocycles. The predicted octanol–water partition coefficient (Wildman–Crippen LogP) is 2.56. The molecule has 10 heteroatoms. The molecular weight excluding hydrogens is 428 g/mol. The van der Waals surface area contributed by atoms with Crippen LogP contribution in [0.3, 0.4) is 0 Å². The molecule has 0 spiro atoms. The Morgan fingerprint density at radius 1 is 1.24 bits per heavy atom. The Bertz CT molecular complexity index is 737. The zero-order valence-electron chi connectivity index (χ0n) is 16.8. The summed E-state index contributed by atoms with van der Waals surface area (Å²) in [5, 5.41) is 3.99. The molecule has 0 radical (unpaired) electrons. The molecule has 4 unspecified atom stereocenters. The van der Waals surface area contributed by atoms with E-state index in [0.29, 0.717) is 12.1 Å². The van der Waals surface area contributed by atoms with E-state index in [1.165, 1.54) is 5.56 Å². The maximum atomic E-state index is 12.0. The van der Waals surface area contributed by atoms with Gasteiger partial charge in [-0.1, -0.05) is 17.8 Å². The maximum Gasteiger partial charge on any atom is 0.221 e. The summed E-state index contributed by atoms with van der Waals surface area (Å²) in [7, 11) is 3.32. The van der Waals surface area contributed by atoms with E-state index < -0.39 is 0 Å². The van der Waals surface area contributed by atoms with Crippen LogP contribution in [0.15, 0.2) is 18.2 Å². The summed E-state index contributed by atoms with van der Waals surface area (Å²) in [4.78, 5) is 13.9. The number of carbonyl (C=O) groups is 1. The molecule has 2 saturated heterocycles. The first-order valence-electron chi connectivity index (χ1n) is 9.75. The fourth-order valence-corrected chi connectivity index (χ4v) is 7.55. The Morgan fingerprint density at radius 3 is 2.72 bits per heavy atom. The molecule has 0 aromatic heterocycles. The standard InChI is InChI=1S/C19H28N4O3S3/c1-11(24)23(14-5-6-14)18-21-22-19(29-18)28-10-13-9-27-17(20-13)12-4-7-15(25-2)16(8-12)26-3/h4,7-8,13-14,17-22H,5-6,9-10H2,1-3H3. The Kier molecular flexibility index (Phi) is 7.08. The van der Waals surface area contributed by atoms with Crippen LogP contribution in [0.5, 0.6) is 11.5 Å². The first-order chi connectivity index (χ1) is 14.1. The highest BCUT2D eigenvalue weighted by atomic mass is 32.2. The van der Waals surface area contributed by atoms with Gasteiger partial charge in [-0.2, -0.15) is 0 Å². The first-order valence-corrected chi connectivity index (χ1v) is 12.8. The summed E-state index contributed by atoms with van der Waals surface area (Å²) in [6.45, 7) is 1.66. The molecule has 4 rings (SSSR count). The molecule has 0 bridgehead atoms. The first kappa shape index (κ1) is 21.5. The van der Waals surface area contributed by atoms with E-state index in [2.05, 4.69) is 28.3 Å². The average Bonchev–Trinajstić information content (AvgIpc) is 3.25. The number of hydrazine groups is 1. The van der Waals surface area contributed by atoms with Crippen LogP contribution in [-0.4, -0.2) is 58.8 Å². The fourth-order valence-electron chi connectivity index (χ4n) is 3.54. The van der Waals surface area contributed by atoms with Crippen LogP contribution in [0, 0.1) is 0 Å². The molecule has 3 fully saturated rings. The number of hydrogen-bond acceptors (Lipinski definition) is 9. The lowest BCUT2D eigenvalue weighted by Gasteiger charge is -2.26. The summed E-state index contributed by atoms with van der Waals surface area (Å²) in [6, 6.07) is 6.97. The van der Waals surface area contributed by atoms with Gasteiger partial charge in [0.15, 0.2) is 11.5 Å². The highest BCUT2D eigenvalue weighted by Crippen LogP contribution is 2.40. The molecule has 1 saturated carbocycles. The number of carbonyl (C=O) groups excluding carboxylic acids is 1. The third-order valence-electron chi connectivity index (χ3n) is 5.14. The van der Waals surface area contributed by atoms with Gasteiger partial charge in [0.1, 0.15) is 10.2 Å². The van der Waals surface area contributed by atoms with Gasteiger partial charge in [0, 0.05) is 30.5 Å². The van der Waals surface area contributed by atoms with Crippen LogP contribution < -0.4 is 25.6 Å². The second-order valence-corrected chi connectivity index (χ2v) is 11.1. The summed E-state index contributed by atoms with van der Waals surface area (Å²) in [5.74, 6) is 3.75. The minimum Gasteiger partial charge on any atom is -0.493 e. The molecule has 29 heavy (non-hydrogen) atoms. The van der Waals surface area contributed by atoms with Gasteiger partial charge < -0.3 is 14.4 Å². The van der Waals surface area contributed by atoms with Crippen LogP contribution in [-0.2, 0) is 4.79 Å². The number of nitrogens with zero attached hydrogens (tertiary/aromatic N) is 1. The van der Waals surface area contributed by atoms with Crippen LogP contribution in [0.4, 0.5) is 0 Å². The van der Waals surface area contributed by atoms with Crippen molar-refractivity contribution < 1.29 is 14.3 Å². The van der Waals surface area contributed by atoms with Crippen molar-refractivity contribution in [1.29, 1.82) is 0 Å². The van der Waals surface area contributed by atoms with Gasteiger partial charge in [-0.25, -0.2) is 10.9 Å². The molecule has 1 aliphatic carbocycles. The number of ether oxygens (including phenoxy) is 2. The van der Waals surface area contributed by atoms with Crippen molar-refractivity contribution in [3.8, 4) is 11.5 Å². The van der Waals surface area contributed by atoms with Crippen molar-refractivity contribution in [2.24, 2.45) is 0 Å². The van der Waals surface area contributed by atoms with Gasteiger partial charge >= 0.3 is 0 Å². The predicted molar refractivity (Wildman–Crippen MR) is 121 cm³/mol. The Hall–Kier alpha value is -0.780. The van der Waals surface area contributed by atoms with Crippen LogP contribution in [0.1, 0.15) is 30.7 Å². The molecule has 2 heterocycles. The lowest BCUT2D eigenvalue weighted by Crippen LogP contribution is -2.47. The third-order valence-corrected chi connectivity index (χ3v) is 9.21. The van der Waals surface area contributed by atoms with Crippen molar-refractivity contribution in [2.75, 3.05) is 25.7 Å². The van der Waals surface area contributed by atoms with E-state index in [1.807, 2.05) is 34.5 Å². The molecule has 1 amide bonds. The lowest BCUT2D eigenvalue weighted by atomic mass is 10.2. The van der Waals surface area contributed by atoms with E-state index in [-0.39, 0.29) is 21.5 Å². The van der Waals surface area contributed by atoms with E-state index >= 15 is 0 Å². The lowest BCUT2D eigenvalue weighted by molar-refractivity contribution is -0.130. The molecule has 1 aromatic rings. The number of amides is 1. The monoisotopic (exact) mass is 456 g/mol. The SMILES string of the molecule is COc1ccc(C2NC(CSC3NNC(N(C(C)=O)C4CC4)S3)CS2)cc1OC. The number of methoxy groups -OCH3 is 2. The fraction of sp³-hybridized carbons (Fsp3) is 0.632. The molecule has 3 N–H and O–H groups in total. The highest BCUT2D eigenvalue weighted by molar-refractivity contribution is 8.17. The number of thioether (sulfide) groups is 3. The van der Waals surface area contributed by atoms with Gasteiger partial charge in [-0.05, 0) is 30.5 Å². The third kappa shape index (κ3) is 5.11. The van der Waals surface area contributed by atoms with Crippen LogP contribution in [0.25, 0.3) is 0 Å². The maximum absolute atomic E-state index is 12.0. The normalized spacial score (nSPS) is 29.1. The zero-order chi connectivity index (χ0) is 20.4. The summed E-state index contributed by atoms with van der Waals surface area (Å²) in [5.41, 5.74) is 7.86. The molecule has 3 aliphatic rings. The molecule has 7 nitrogen and oxygen atoms in total. The van der Waals surface area contributed by atoms with Gasteiger partial charge in [-0.3, -0.25) is 10.1 Å². The van der Waals surface area contributed by atoms with Gasteiger partial charge in [0.25, 0.3) is 0 Å². The second-order valence-electron chi connectivity index (χ2n) is 7.29. The van der Waals surface area contributed by atoms with Gasteiger partial charge in [0.05, 0.1) is 19.6 Å². The minimum absolute atomic E-state index is 0.0305. The molecule has 2 aliphatic heterocycles. The highest BCUT2D eigenvalue weighted by Gasteiger charge is 2.40. The van der Waals surface area contributed by atoms with Crippen molar-refractivity contribution in [1.82, 2.24) is 21.1 Å². The topological polar surface area (TPSA) is 74.9 Å². The number of benzene rings is 1. The minimum atomic E-state index is 0.0305. The van der Waals surface area contributed by atoms with Gasteiger partial charge in [-0.15, -0.1) is 23.5 Å². The summed E-state index contributed by atoms with van der Waals surface area (Å²) in [6.07, 6.45) is 2.24. The second kappa shape index (κ2) is 9.57. The molecular formula is C19H28N4O3S3. The molecule has 4 atom stereocenters.